The van der Waals surface area contributed by atoms with Crippen molar-refractivity contribution in [2.24, 2.45) is 0 Å². The topological polar surface area (TPSA) is 43.4 Å². The van der Waals surface area contributed by atoms with E-state index in [9.17, 15) is 9.59 Å². The number of Topliss-reactive ketones (excluding diaryl/α,β-unsaturated/α-hetero) is 1. The molecule has 1 rings (SSSR count). The highest BCUT2D eigenvalue weighted by atomic mass is 79.9. The van der Waals surface area contributed by atoms with E-state index in [0.717, 1.165) is 17.3 Å². The number of rotatable bonds is 6. The van der Waals surface area contributed by atoms with Gasteiger partial charge in [0.25, 0.3) is 0 Å². The maximum atomic E-state index is 11.8. The molecule has 0 amide bonds. The number of carbonyl (C=O) groups is 2. The van der Waals surface area contributed by atoms with Crippen molar-refractivity contribution in [3.63, 3.8) is 0 Å². The summed E-state index contributed by atoms with van der Waals surface area (Å²) in [5.74, 6) is -0.160. The molecule has 0 aliphatic heterocycles. The number of alkyl halides is 1. The van der Waals surface area contributed by atoms with Crippen LogP contribution in [0.3, 0.4) is 0 Å². The van der Waals surface area contributed by atoms with Gasteiger partial charge >= 0.3 is 5.97 Å². The van der Waals surface area contributed by atoms with Gasteiger partial charge in [-0.05, 0) is 25.8 Å². The molecule has 3 nitrogen and oxygen atoms in total. The van der Waals surface area contributed by atoms with Gasteiger partial charge in [0.1, 0.15) is 0 Å². The minimum atomic E-state index is -0.702. The molecule has 0 aromatic heterocycles. The average Bonchev–Trinajstić information content (AvgIpc) is 2.43. The summed E-state index contributed by atoms with van der Waals surface area (Å²) in [6.45, 7) is 3.61. The summed E-state index contributed by atoms with van der Waals surface area (Å²) < 4.78 is 4.79. The molecular weight excluding hydrogens is 308 g/mol. The Morgan fingerprint density at radius 1 is 1.21 bits per heavy atom. The zero-order chi connectivity index (χ0) is 14.5. The summed E-state index contributed by atoms with van der Waals surface area (Å²) in [4.78, 5) is 23.5. The average molecular weight is 327 g/mol. The molecule has 0 N–H and O–H groups in total. The number of esters is 1. The number of hydrogen-bond donors (Lipinski definition) is 0. The maximum absolute atomic E-state index is 11.8. The van der Waals surface area contributed by atoms with Crippen molar-refractivity contribution < 1.29 is 14.3 Å². The predicted molar refractivity (Wildman–Crippen MR) is 78.8 cm³/mol. The number of hydrogen-bond acceptors (Lipinski definition) is 3. The molecule has 0 saturated heterocycles. The van der Waals surface area contributed by atoms with E-state index in [1.807, 2.05) is 12.1 Å². The van der Waals surface area contributed by atoms with Crippen LogP contribution < -0.4 is 0 Å². The van der Waals surface area contributed by atoms with Gasteiger partial charge in [0, 0.05) is 17.3 Å². The molecule has 0 fully saturated rings. The first-order valence-corrected chi connectivity index (χ1v) is 7.33. The van der Waals surface area contributed by atoms with Crippen LogP contribution in [-0.4, -0.2) is 24.2 Å². The van der Waals surface area contributed by atoms with E-state index in [4.69, 9.17) is 4.74 Å². The molecular formula is C15H19BrO3. The lowest BCUT2D eigenvalue weighted by Crippen LogP contribution is -2.30. The summed E-state index contributed by atoms with van der Waals surface area (Å²) in [7, 11) is 1.38. The number of benzene rings is 1. The minimum Gasteiger partial charge on any atom is -0.468 e. The van der Waals surface area contributed by atoms with Gasteiger partial charge in [-0.15, -0.1) is 0 Å². The van der Waals surface area contributed by atoms with Gasteiger partial charge in [-0.3, -0.25) is 9.59 Å². The Labute approximate surface area is 122 Å². The van der Waals surface area contributed by atoms with E-state index < -0.39 is 5.41 Å². The van der Waals surface area contributed by atoms with Crippen molar-refractivity contribution >= 4 is 27.7 Å². The third-order valence-electron chi connectivity index (χ3n) is 3.16. The van der Waals surface area contributed by atoms with Crippen molar-refractivity contribution in [1.29, 1.82) is 0 Å². The van der Waals surface area contributed by atoms with Gasteiger partial charge in [-0.2, -0.15) is 0 Å². The van der Waals surface area contributed by atoms with Gasteiger partial charge in [-0.25, -0.2) is 0 Å². The first-order valence-electron chi connectivity index (χ1n) is 6.21. The smallest absolute Gasteiger partial charge is 0.315 e. The Hall–Kier alpha value is -1.16. The van der Waals surface area contributed by atoms with Crippen LogP contribution in [0.2, 0.25) is 0 Å². The SMILES string of the molecule is COC(=O)C(C)(C)c1ccc(C(=O)CCCBr)cc1. The molecule has 4 heteroatoms. The highest BCUT2D eigenvalue weighted by Gasteiger charge is 2.30. The first kappa shape index (κ1) is 15.9. The fraction of sp³-hybridized carbons (Fsp3) is 0.467. The van der Waals surface area contributed by atoms with Crippen molar-refractivity contribution in [1.82, 2.24) is 0 Å². The van der Waals surface area contributed by atoms with Gasteiger partial charge in [-0.1, -0.05) is 40.2 Å². The number of ketones is 1. The second-order valence-electron chi connectivity index (χ2n) is 4.91. The van der Waals surface area contributed by atoms with Crippen LogP contribution in [0, 0.1) is 0 Å². The third-order valence-corrected chi connectivity index (χ3v) is 3.72. The normalized spacial score (nSPS) is 11.2. The molecule has 0 saturated carbocycles. The van der Waals surface area contributed by atoms with Crippen LogP contribution in [0.25, 0.3) is 0 Å². The van der Waals surface area contributed by atoms with E-state index in [1.165, 1.54) is 7.11 Å². The molecule has 0 heterocycles. The molecule has 1 aromatic rings. The Balaban J connectivity index is 2.87. The largest absolute Gasteiger partial charge is 0.468 e. The van der Waals surface area contributed by atoms with Crippen LogP contribution in [0.5, 0.6) is 0 Å². The Bertz CT molecular complexity index is 449. The minimum absolute atomic E-state index is 0.127. The molecule has 1 aromatic carbocycles. The zero-order valence-electron chi connectivity index (χ0n) is 11.5. The second-order valence-corrected chi connectivity index (χ2v) is 5.70. The van der Waals surface area contributed by atoms with Gasteiger partial charge in [0.15, 0.2) is 5.78 Å². The highest BCUT2D eigenvalue weighted by Crippen LogP contribution is 2.25. The van der Waals surface area contributed by atoms with Crippen LogP contribution in [0.15, 0.2) is 24.3 Å². The van der Waals surface area contributed by atoms with Gasteiger partial charge in [0.2, 0.25) is 0 Å². The lowest BCUT2D eigenvalue weighted by atomic mass is 9.84. The van der Waals surface area contributed by atoms with Crippen molar-refractivity contribution in [3.8, 4) is 0 Å². The standard InChI is InChI=1S/C15H19BrO3/c1-15(2,14(18)19-3)12-8-6-11(7-9-12)13(17)5-4-10-16/h6-9H,4-5,10H2,1-3H3. The Kier molecular flexibility index (Phi) is 5.73. The van der Waals surface area contributed by atoms with E-state index in [1.54, 1.807) is 26.0 Å². The third kappa shape index (κ3) is 3.90. The molecule has 0 aliphatic carbocycles. The highest BCUT2D eigenvalue weighted by molar-refractivity contribution is 9.09. The van der Waals surface area contributed by atoms with E-state index in [-0.39, 0.29) is 11.8 Å². The second kappa shape index (κ2) is 6.85. The summed E-state index contributed by atoms with van der Waals surface area (Å²) in [6, 6.07) is 7.18. The zero-order valence-corrected chi connectivity index (χ0v) is 13.1. The summed E-state index contributed by atoms with van der Waals surface area (Å²) >= 11 is 3.31. The lowest BCUT2D eigenvalue weighted by Gasteiger charge is -2.22. The summed E-state index contributed by atoms with van der Waals surface area (Å²) in [5.41, 5.74) is 0.827. The van der Waals surface area contributed by atoms with Crippen LogP contribution >= 0.6 is 15.9 Å². The molecule has 0 radical (unpaired) electrons. The van der Waals surface area contributed by atoms with E-state index >= 15 is 0 Å². The van der Waals surface area contributed by atoms with Crippen LogP contribution in [0.1, 0.15) is 42.6 Å². The van der Waals surface area contributed by atoms with E-state index in [0.29, 0.717) is 12.0 Å². The molecule has 0 spiro atoms. The van der Waals surface area contributed by atoms with Crippen molar-refractivity contribution in [2.45, 2.75) is 32.1 Å². The number of methoxy groups -OCH3 is 1. The summed E-state index contributed by atoms with van der Waals surface area (Å²) in [6.07, 6.45) is 1.36. The molecule has 0 aliphatic rings. The van der Waals surface area contributed by atoms with E-state index in [2.05, 4.69) is 15.9 Å². The number of ether oxygens (including phenoxy) is 1. The van der Waals surface area contributed by atoms with Gasteiger partial charge < -0.3 is 4.74 Å². The monoisotopic (exact) mass is 326 g/mol. The number of carbonyl (C=O) groups excluding carboxylic acids is 2. The van der Waals surface area contributed by atoms with Crippen LogP contribution in [0.4, 0.5) is 0 Å². The first-order chi connectivity index (χ1) is 8.93. The summed E-state index contributed by atoms with van der Waals surface area (Å²) in [5, 5.41) is 0.826. The molecule has 0 bridgehead atoms. The quantitative estimate of drug-likeness (QED) is 0.456. The fourth-order valence-corrected chi connectivity index (χ4v) is 2.10. The molecule has 104 valence electrons. The maximum Gasteiger partial charge on any atom is 0.315 e. The molecule has 19 heavy (non-hydrogen) atoms. The molecule has 0 unspecified atom stereocenters. The molecule has 0 atom stereocenters. The Morgan fingerprint density at radius 2 is 1.79 bits per heavy atom. The van der Waals surface area contributed by atoms with Crippen LogP contribution in [-0.2, 0) is 14.9 Å². The van der Waals surface area contributed by atoms with Crippen molar-refractivity contribution in [2.75, 3.05) is 12.4 Å². The fourth-order valence-electron chi connectivity index (χ4n) is 1.82. The van der Waals surface area contributed by atoms with Gasteiger partial charge in [0.05, 0.1) is 12.5 Å². The van der Waals surface area contributed by atoms with Crippen molar-refractivity contribution in [3.05, 3.63) is 35.4 Å². The lowest BCUT2D eigenvalue weighted by molar-refractivity contribution is -0.146. The Morgan fingerprint density at radius 3 is 2.26 bits per heavy atom. The number of halogens is 1. The predicted octanol–water partition coefficient (Wildman–Crippen LogP) is 3.50.